The zero-order chi connectivity index (χ0) is 19.2. The summed E-state index contributed by atoms with van der Waals surface area (Å²) >= 11 is 0. The number of para-hydroxylation sites is 1. The van der Waals surface area contributed by atoms with Crippen LogP contribution in [-0.2, 0) is 4.79 Å². The van der Waals surface area contributed by atoms with Crippen molar-refractivity contribution >= 4 is 5.91 Å². The number of nitrogens with zero attached hydrogens (tertiary/aromatic N) is 4. The van der Waals surface area contributed by atoms with Gasteiger partial charge in [0.25, 0.3) is 5.91 Å². The van der Waals surface area contributed by atoms with Gasteiger partial charge in [0, 0.05) is 26.2 Å². The zero-order valence-corrected chi connectivity index (χ0v) is 16.4. The molecule has 1 atom stereocenters. The quantitative estimate of drug-likeness (QED) is 0.844. The Kier molecular flexibility index (Phi) is 6.45. The van der Waals surface area contributed by atoms with Gasteiger partial charge in [-0.3, -0.25) is 14.8 Å². The Labute approximate surface area is 160 Å². The van der Waals surface area contributed by atoms with Crippen LogP contribution >= 0.6 is 0 Å². The molecule has 0 bridgehead atoms. The lowest BCUT2D eigenvalue weighted by Crippen LogP contribution is -2.38. The molecular weight excluding hydrogens is 342 g/mol. The molecule has 1 N–H and O–H groups in total. The summed E-state index contributed by atoms with van der Waals surface area (Å²) in [7, 11) is 0. The molecule has 1 amide bonds. The molecule has 2 aromatic rings. The van der Waals surface area contributed by atoms with Crippen molar-refractivity contribution in [3.05, 3.63) is 42.0 Å². The first-order valence-corrected chi connectivity index (χ1v) is 9.61. The van der Waals surface area contributed by atoms with E-state index in [1.54, 1.807) is 0 Å². The minimum atomic E-state index is 0.0233. The van der Waals surface area contributed by atoms with Crippen LogP contribution in [0.2, 0.25) is 0 Å². The molecule has 1 aromatic heterocycles. The molecule has 0 aliphatic carbocycles. The molecule has 7 heteroatoms. The van der Waals surface area contributed by atoms with Crippen molar-refractivity contribution in [3.63, 3.8) is 0 Å². The van der Waals surface area contributed by atoms with E-state index in [0.717, 1.165) is 36.9 Å². The summed E-state index contributed by atoms with van der Waals surface area (Å²) < 4.78 is 5.63. The Morgan fingerprint density at radius 2 is 2.04 bits per heavy atom. The summed E-state index contributed by atoms with van der Waals surface area (Å²) in [6.45, 7) is 9.56. The van der Waals surface area contributed by atoms with Gasteiger partial charge in [0.1, 0.15) is 11.6 Å². The number of aromatic amines is 1. The first kappa shape index (κ1) is 19.4. The predicted molar refractivity (Wildman–Crippen MR) is 103 cm³/mol. The molecule has 1 aliphatic rings. The standard InChI is InChI=1S/C20H29N5O2/c1-15(2)13-25-12-11-24(10-9-18(25)20-21-16(3)22-23-20)19(26)14-27-17-7-5-4-6-8-17/h4-8,15,18H,9-14H2,1-3H3,(H,21,22,23). The third-order valence-electron chi connectivity index (χ3n) is 4.74. The Balaban J connectivity index is 1.64. The van der Waals surface area contributed by atoms with E-state index in [4.69, 9.17) is 4.74 Å². The molecule has 7 nitrogen and oxygen atoms in total. The molecule has 1 aliphatic heterocycles. The summed E-state index contributed by atoms with van der Waals surface area (Å²) in [6.07, 6.45) is 0.821. The van der Waals surface area contributed by atoms with Gasteiger partial charge in [0.05, 0.1) is 6.04 Å². The fourth-order valence-corrected chi connectivity index (χ4v) is 3.47. The van der Waals surface area contributed by atoms with Crippen molar-refractivity contribution in [1.29, 1.82) is 0 Å². The second-order valence-corrected chi connectivity index (χ2v) is 7.45. The van der Waals surface area contributed by atoms with Crippen LogP contribution in [0.4, 0.5) is 0 Å². The Hall–Kier alpha value is -2.41. The molecule has 0 radical (unpaired) electrons. The lowest BCUT2D eigenvalue weighted by Gasteiger charge is -2.28. The average molecular weight is 371 g/mol. The van der Waals surface area contributed by atoms with Gasteiger partial charge in [-0.15, -0.1) is 0 Å². The number of H-pyrrole nitrogens is 1. The van der Waals surface area contributed by atoms with Crippen molar-refractivity contribution in [2.75, 3.05) is 32.8 Å². The number of rotatable bonds is 6. The van der Waals surface area contributed by atoms with Gasteiger partial charge in [0.15, 0.2) is 12.4 Å². The van der Waals surface area contributed by atoms with Crippen LogP contribution in [0.25, 0.3) is 0 Å². The number of aromatic nitrogens is 3. The van der Waals surface area contributed by atoms with Crippen molar-refractivity contribution < 1.29 is 9.53 Å². The maximum absolute atomic E-state index is 12.6. The van der Waals surface area contributed by atoms with Gasteiger partial charge in [-0.2, -0.15) is 5.10 Å². The van der Waals surface area contributed by atoms with Crippen molar-refractivity contribution in [2.45, 2.75) is 33.2 Å². The first-order chi connectivity index (χ1) is 13.0. The molecule has 1 unspecified atom stereocenters. The topological polar surface area (TPSA) is 74.4 Å². The van der Waals surface area contributed by atoms with E-state index >= 15 is 0 Å². The predicted octanol–water partition coefficient (Wildman–Crippen LogP) is 2.42. The second kappa shape index (κ2) is 8.99. The summed E-state index contributed by atoms with van der Waals surface area (Å²) in [5.74, 6) is 2.92. The third kappa shape index (κ3) is 5.29. The van der Waals surface area contributed by atoms with Crippen molar-refractivity contribution in [3.8, 4) is 5.75 Å². The number of hydrogen-bond acceptors (Lipinski definition) is 5. The molecule has 27 heavy (non-hydrogen) atoms. The van der Waals surface area contributed by atoms with E-state index in [1.165, 1.54) is 0 Å². The highest BCUT2D eigenvalue weighted by atomic mass is 16.5. The largest absolute Gasteiger partial charge is 0.484 e. The van der Waals surface area contributed by atoms with Crippen LogP contribution in [0.1, 0.15) is 38.0 Å². The lowest BCUT2D eigenvalue weighted by atomic mass is 10.1. The highest BCUT2D eigenvalue weighted by Crippen LogP contribution is 2.25. The number of nitrogens with one attached hydrogen (secondary N) is 1. The molecule has 1 fully saturated rings. The minimum Gasteiger partial charge on any atom is -0.484 e. The lowest BCUT2D eigenvalue weighted by molar-refractivity contribution is -0.133. The smallest absolute Gasteiger partial charge is 0.260 e. The number of carbonyl (C=O) groups excluding carboxylic acids is 1. The zero-order valence-electron chi connectivity index (χ0n) is 16.4. The maximum atomic E-state index is 12.6. The molecule has 3 rings (SSSR count). The van der Waals surface area contributed by atoms with E-state index in [-0.39, 0.29) is 18.6 Å². The van der Waals surface area contributed by atoms with Gasteiger partial charge in [-0.05, 0) is 31.4 Å². The highest BCUT2D eigenvalue weighted by Gasteiger charge is 2.30. The molecule has 146 valence electrons. The molecule has 0 spiro atoms. The van der Waals surface area contributed by atoms with Crippen LogP contribution in [0.15, 0.2) is 30.3 Å². The number of ether oxygens (including phenoxy) is 1. The maximum Gasteiger partial charge on any atom is 0.260 e. The van der Waals surface area contributed by atoms with Gasteiger partial charge >= 0.3 is 0 Å². The molecular formula is C20H29N5O2. The summed E-state index contributed by atoms with van der Waals surface area (Å²) in [5, 5.41) is 7.32. The van der Waals surface area contributed by atoms with Crippen LogP contribution in [0.5, 0.6) is 5.75 Å². The van der Waals surface area contributed by atoms with E-state index < -0.39 is 0 Å². The summed E-state index contributed by atoms with van der Waals surface area (Å²) in [4.78, 5) is 21.5. The summed E-state index contributed by atoms with van der Waals surface area (Å²) in [6, 6.07) is 9.59. The van der Waals surface area contributed by atoms with Gasteiger partial charge in [0.2, 0.25) is 0 Å². The molecule has 2 heterocycles. The van der Waals surface area contributed by atoms with Crippen LogP contribution < -0.4 is 4.74 Å². The van der Waals surface area contributed by atoms with Crippen molar-refractivity contribution in [2.24, 2.45) is 5.92 Å². The first-order valence-electron chi connectivity index (χ1n) is 9.61. The minimum absolute atomic E-state index is 0.0233. The van der Waals surface area contributed by atoms with Gasteiger partial charge < -0.3 is 9.64 Å². The highest BCUT2D eigenvalue weighted by molar-refractivity contribution is 5.77. The fraction of sp³-hybridized carbons (Fsp3) is 0.550. The van der Waals surface area contributed by atoms with Crippen molar-refractivity contribution in [1.82, 2.24) is 25.0 Å². The van der Waals surface area contributed by atoms with E-state index in [2.05, 4.69) is 33.9 Å². The number of carbonyl (C=O) groups is 1. The Morgan fingerprint density at radius 1 is 1.26 bits per heavy atom. The number of amides is 1. The van der Waals surface area contributed by atoms with Gasteiger partial charge in [-0.1, -0.05) is 32.0 Å². The average Bonchev–Trinajstić information content (AvgIpc) is 2.97. The van der Waals surface area contributed by atoms with Crippen LogP contribution in [0, 0.1) is 12.8 Å². The van der Waals surface area contributed by atoms with E-state index in [9.17, 15) is 4.79 Å². The van der Waals surface area contributed by atoms with E-state index in [1.807, 2.05) is 42.2 Å². The third-order valence-corrected chi connectivity index (χ3v) is 4.74. The Morgan fingerprint density at radius 3 is 2.70 bits per heavy atom. The van der Waals surface area contributed by atoms with Crippen LogP contribution in [-0.4, -0.2) is 63.7 Å². The number of benzene rings is 1. The second-order valence-electron chi connectivity index (χ2n) is 7.45. The Bertz CT molecular complexity index is 731. The normalized spacial score (nSPS) is 18.5. The fourth-order valence-electron chi connectivity index (χ4n) is 3.47. The molecule has 1 aromatic carbocycles. The van der Waals surface area contributed by atoms with Gasteiger partial charge in [-0.25, -0.2) is 4.98 Å². The monoisotopic (exact) mass is 371 g/mol. The summed E-state index contributed by atoms with van der Waals surface area (Å²) in [5.41, 5.74) is 0. The SMILES string of the molecule is Cc1nc(C2CCN(C(=O)COc3ccccc3)CCN2CC(C)C)n[nH]1. The molecule has 0 saturated carbocycles. The molecule has 1 saturated heterocycles. The number of aryl methyl sites for hydroxylation is 1. The number of hydrogen-bond donors (Lipinski definition) is 1. The van der Waals surface area contributed by atoms with E-state index in [0.29, 0.717) is 19.0 Å². The van der Waals surface area contributed by atoms with Crippen LogP contribution in [0.3, 0.4) is 0 Å².